The standard InChI is InChI=1S/C34H30N2O5/c1-3-18-38-26-14-10-25(11-15-26)34(37)40-28-16-17-29-31(19-28)41-33(36)30(20-35)32(29)24-8-12-27(13-9-24)39-21-23-6-4-22(2)5-7-23/h4-17,19,32H,3,18,21,36H2,1-2H3. The third kappa shape index (κ3) is 6.34. The molecule has 4 aromatic rings. The van der Waals surface area contributed by atoms with Crippen LogP contribution in [-0.2, 0) is 6.61 Å². The lowest BCUT2D eigenvalue weighted by Crippen LogP contribution is -2.21. The van der Waals surface area contributed by atoms with Crippen molar-refractivity contribution in [3.63, 3.8) is 0 Å². The van der Waals surface area contributed by atoms with E-state index in [2.05, 4.69) is 18.2 Å². The molecule has 0 radical (unpaired) electrons. The molecule has 2 N–H and O–H groups in total. The molecule has 7 heteroatoms. The fraction of sp³-hybridized carbons (Fsp3) is 0.176. The number of allylic oxidation sites excluding steroid dienone is 1. The zero-order chi connectivity index (χ0) is 28.8. The van der Waals surface area contributed by atoms with Crippen molar-refractivity contribution in [1.82, 2.24) is 0 Å². The Morgan fingerprint density at radius 1 is 0.902 bits per heavy atom. The number of benzene rings is 4. The van der Waals surface area contributed by atoms with Gasteiger partial charge in [-0.15, -0.1) is 0 Å². The van der Waals surface area contributed by atoms with E-state index >= 15 is 0 Å². The Labute approximate surface area is 239 Å². The molecule has 0 spiro atoms. The molecule has 1 aliphatic heterocycles. The van der Waals surface area contributed by atoms with Gasteiger partial charge in [-0.2, -0.15) is 5.26 Å². The lowest BCUT2D eigenvalue weighted by atomic mass is 9.83. The lowest BCUT2D eigenvalue weighted by Gasteiger charge is -2.26. The molecule has 0 aromatic heterocycles. The van der Waals surface area contributed by atoms with Crippen molar-refractivity contribution in [2.45, 2.75) is 32.8 Å². The Morgan fingerprint density at radius 2 is 1.56 bits per heavy atom. The van der Waals surface area contributed by atoms with Crippen LogP contribution in [0.4, 0.5) is 0 Å². The van der Waals surface area contributed by atoms with Crippen LogP contribution in [-0.4, -0.2) is 12.6 Å². The minimum atomic E-state index is -0.512. The maximum Gasteiger partial charge on any atom is 0.343 e. The number of esters is 1. The second-order valence-electron chi connectivity index (χ2n) is 9.73. The largest absolute Gasteiger partial charge is 0.494 e. The summed E-state index contributed by atoms with van der Waals surface area (Å²) < 4.78 is 22.9. The predicted octanol–water partition coefficient (Wildman–Crippen LogP) is 6.80. The zero-order valence-electron chi connectivity index (χ0n) is 22.9. The Morgan fingerprint density at radius 3 is 2.24 bits per heavy atom. The number of ether oxygens (including phenoxy) is 4. The molecule has 5 rings (SSSR count). The summed E-state index contributed by atoms with van der Waals surface area (Å²) in [6.07, 6.45) is 0.898. The average Bonchev–Trinajstić information content (AvgIpc) is 2.99. The first-order valence-corrected chi connectivity index (χ1v) is 13.4. The maximum atomic E-state index is 12.8. The Bertz CT molecular complexity index is 1600. The quantitative estimate of drug-likeness (QED) is 0.182. The van der Waals surface area contributed by atoms with Crippen LogP contribution in [0.25, 0.3) is 0 Å². The minimum absolute atomic E-state index is 0.0100. The van der Waals surface area contributed by atoms with Crippen LogP contribution in [0.3, 0.4) is 0 Å². The molecule has 1 atom stereocenters. The van der Waals surface area contributed by atoms with Crippen LogP contribution in [0.15, 0.2) is 102 Å². The second kappa shape index (κ2) is 12.3. The molecule has 1 unspecified atom stereocenters. The number of fused-ring (bicyclic) bond motifs is 1. The molecule has 0 saturated heterocycles. The van der Waals surface area contributed by atoms with Crippen molar-refractivity contribution in [3.8, 4) is 29.1 Å². The van der Waals surface area contributed by atoms with E-state index in [4.69, 9.17) is 24.7 Å². The molecule has 41 heavy (non-hydrogen) atoms. The molecule has 1 aliphatic rings. The minimum Gasteiger partial charge on any atom is -0.494 e. The van der Waals surface area contributed by atoms with Gasteiger partial charge in [-0.05, 0) is 66.9 Å². The average molecular weight is 547 g/mol. The van der Waals surface area contributed by atoms with E-state index in [-0.39, 0.29) is 5.88 Å². The van der Waals surface area contributed by atoms with Gasteiger partial charge in [-0.3, -0.25) is 0 Å². The fourth-order valence-electron chi connectivity index (χ4n) is 4.52. The lowest BCUT2D eigenvalue weighted by molar-refractivity contribution is 0.0734. The van der Waals surface area contributed by atoms with E-state index in [0.29, 0.717) is 47.3 Å². The summed E-state index contributed by atoms with van der Waals surface area (Å²) in [4.78, 5) is 12.8. The van der Waals surface area contributed by atoms with Gasteiger partial charge >= 0.3 is 5.97 Å². The number of nitrogens with two attached hydrogens (primary N) is 1. The zero-order valence-corrected chi connectivity index (χ0v) is 22.9. The van der Waals surface area contributed by atoms with Crippen LogP contribution < -0.4 is 24.7 Å². The predicted molar refractivity (Wildman–Crippen MR) is 155 cm³/mol. The van der Waals surface area contributed by atoms with Crippen LogP contribution in [0.2, 0.25) is 0 Å². The molecule has 1 heterocycles. The van der Waals surface area contributed by atoms with Crippen molar-refractivity contribution in [2.75, 3.05) is 6.61 Å². The smallest absolute Gasteiger partial charge is 0.343 e. The molecule has 7 nitrogen and oxygen atoms in total. The summed E-state index contributed by atoms with van der Waals surface area (Å²) in [6, 6.07) is 29.8. The summed E-state index contributed by atoms with van der Waals surface area (Å²) in [5, 5.41) is 9.90. The van der Waals surface area contributed by atoms with Gasteiger partial charge in [0.05, 0.1) is 18.1 Å². The summed E-state index contributed by atoms with van der Waals surface area (Å²) in [5.41, 5.74) is 10.7. The van der Waals surface area contributed by atoms with E-state index in [1.54, 1.807) is 42.5 Å². The van der Waals surface area contributed by atoms with Gasteiger partial charge in [-0.1, -0.05) is 55.0 Å². The van der Waals surface area contributed by atoms with Gasteiger partial charge in [0.1, 0.15) is 41.2 Å². The van der Waals surface area contributed by atoms with Gasteiger partial charge in [0.25, 0.3) is 0 Å². The number of aryl methyl sites for hydroxylation is 1. The number of carbonyl (C=O) groups is 1. The molecule has 0 fully saturated rings. The van der Waals surface area contributed by atoms with Gasteiger partial charge in [0.2, 0.25) is 5.88 Å². The summed E-state index contributed by atoms with van der Waals surface area (Å²) >= 11 is 0. The Kier molecular flexibility index (Phi) is 8.21. The van der Waals surface area contributed by atoms with Gasteiger partial charge in [0.15, 0.2) is 0 Å². The van der Waals surface area contributed by atoms with Gasteiger partial charge in [-0.25, -0.2) is 4.79 Å². The SMILES string of the molecule is CCCOc1ccc(C(=O)Oc2ccc3c(c2)OC(N)=C(C#N)C3c2ccc(OCc3ccc(C)cc3)cc2)cc1. The van der Waals surface area contributed by atoms with Crippen LogP contribution in [0, 0.1) is 18.3 Å². The number of carbonyl (C=O) groups excluding carboxylic acids is 1. The maximum absolute atomic E-state index is 12.8. The van der Waals surface area contributed by atoms with Crippen molar-refractivity contribution >= 4 is 5.97 Å². The number of hydrogen-bond donors (Lipinski definition) is 1. The van der Waals surface area contributed by atoms with Crippen molar-refractivity contribution < 1.29 is 23.7 Å². The summed E-state index contributed by atoms with van der Waals surface area (Å²) in [7, 11) is 0. The fourth-order valence-corrected chi connectivity index (χ4v) is 4.52. The molecule has 0 amide bonds. The topological polar surface area (TPSA) is 104 Å². The van der Waals surface area contributed by atoms with Crippen LogP contribution in [0.1, 0.15) is 51.9 Å². The van der Waals surface area contributed by atoms with E-state index in [9.17, 15) is 10.1 Å². The third-order valence-corrected chi connectivity index (χ3v) is 6.70. The summed E-state index contributed by atoms with van der Waals surface area (Å²) in [5.74, 6) is 1.17. The molecule has 0 bridgehead atoms. The molecular weight excluding hydrogens is 516 g/mol. The molecule has 0 aliphatic carbocycles. The van der Waals surface area contributed by atoms with Crippen LogP contribution >= 0.6 is 0 Å². The highest BCUT2D eigenvalue weighted by Crippen LogP contribution is 2.43. The molecular formula is C34H30N2O5. The number of rotatable bonds is 9. The van der Waals surface area contributed by atoms with Gasteiger partial charge in [0, 0.05) is 11.6 Å². The summed E-state index contributed by atoms with van der Waals surface area (Å²) in [6.45, 7) is 5.14. The highest BCUT2D eigenvalue weighted by atomic mass is 16.5. The normalized spacial score (nSPS) is 13.9. The Hall–Kier alpha value is -5.22. The van der Waals surface area contributed by atoms with E-state index in [1.807, 2.05) is 50.2 Å². The third-order valence-electron chi connectivity index (χ3n) is 6.70. The molecule has 4 aromatic carbocycles. The highest BCUT2D eigenvalue weighted by molar-refractivity contribution is 5.91. The van der Waals surface area contributed by atoms with Crippen molar-refractivity contribution in [3.05, 3.63) is 130 Å². The van der Waals surface area contributed by atoms with E-state index in [1.165, 1.54) is 5.56 Å². The Balaban J connectivity index is 1.32. The van der Waals surface area contributed by atoms with Gasteiger partial charge < -0.3 is 24.7 Å². The number of nitriles is 1. The second-order valence-corrected chi connectivity index (χ2v) is 9.73. The van der Waals surface area contributed by atoms with Crippen molar-refractivity contribution in [1.29, 1.82) is 5.26 Å². The highest BCUT2D eigenvalue weighted by Gasteiger charge is 2.31. The van der Waals surface area contributed by atoms with E-state index in [0.717, 1.165) is 23.1 Å². The first-order chi connectivity index (χ1) is 19.9. The van der Waals surface area contributed by atoms with Crippen LogP contribution in [0.5, 0.6) is 23.0 Å². The monoisotopic (exact) mass is 546 g/mol. The molecule has 206 valence electrons. The molecule has 0 saturated carbocycles. The first kappa shape index (κ1) is 27.4. The number of nitrogens with zero attached hydrogens (tertiary/aromatic N) is 1. The van der Waals surface area contributed by atoms with E-state index < -0.39 is 11.9 Å². The number of hydrogen-bond acceptors (Lipinski definition) is 7. The first-order valence-electron chi connectivity index (χ1n) is 13.4. The van der Waals surface area contributed by atoms with Crippen molar-refractivity contribution in [2.24, 2.45) is 5.73 Å².